The number of para-hydroxylation sites is 2. The molecule has 0 unspecified atom stereocenters. The Morgan fingerprint density at radius 3 is 2.27 bits per heavy atom. The zero-order chi connectivity index (χ0) is 27.8. The molecule has 6 aromatic carbocycles. The van der Waals surface area contributed by atoms with Crippen LogP contribution in [0.3, 0.4) is 0 Å². The second-order valence-corrected chi connectivity index (χ2v) is 11.4. The first-order chi connectivity index (χ1) is 20.1. The van der Waals surface area contributed by atoms with E-state index in [9.17, 15) is 0 Å². The number of hydrogen-bond acceptors (Lipinski definition) is 4. The molecule has 1 heterocycles. The molecule has 7 aromatic rings. The Labute approximate surface area is 244 Å². The molecule has 0 saturated heterocycles. The molecule has 0 bridgehead atoms. The predicted octanol–water partition coefficient (Wildman–Crippen LogP) is 10.5. The minimum atomic E-state index is 0.899. The van der Waals surface area contributed by atoms with E-state index in [1.54, 1.807) is 0 Å². The highest BCUT2D eigenvalue weighted by atomic mass is 32.1. The molecule has 0 spiro atoms. The number of aliphatic imine (C=N–C) groups is 1. The summed E-state index contributed by atoms with van der Waals surface area (Å²) in [5, 5.41) is 7.19. The normalized spacial score (nSPS) is 11.8. The number of benzene rings is 6. The van der Waals surface area contributed by atoms with E-state index in [1.807, 2.05) is 41.7 Å². The molecule has 0 atom stereocenters. The fourth-order valence-corrected chi connectivity index (χ4v) is 6.58. The van der Waals surface area contributed by atoms with Crippen molar-refractivity contribution in [2.75, 3.05) is 17.5 Å². The first kappa shape index (κ1) is 25.1. The molecule has 3 nitrogen and oxygen atoms in total. The Hall–Kier alpha value is -4.93. The van der Waals surface area contributed by atoms with Gasteiger partial charge < -0.3 is 0 Å². The topological polar surface area (TPSA) is 27.6 Å². The van der Waals surface area contributed by atoms with Gasteiger partial charge in [0.1, 0.15) is 0 Å². The maximum absolute atomic E-state index is 5.00. The van der Waals surface area contributed by atoms with Crippen molar-refractivity contribution in [2.45, 2.75) is 6.92 Å². The second-order valence-electron chi connectivity index (χ2n) is 10.3. The van der Waals surface area contributed by atoms with Gasteiger partial charge in [0.05, 0.1) is 17.1 Å². The molecule has 1 N–H and O–H groups in total. The minimum Gasteiger partial charge on any atom is -0.296 e. The highest BCUT2D eigenvalue weighted by Crippen LogP contribution is 2.42. The van der Waals surface area contributed by atoms with Crippen LogP contribution in [0.1, 0.15) is 12.5 Å². The van der Waals surface area contributed by atoms with Crippen LogP contribution in [0.4, 0.5) is 17.1 Å². The van der Waals surface area contributed by atoms with Gasteiger partial charge in [-0.3, -0.25) is 15.4 Å². The lowest BCUT2D eigenvalue weighted by Gasteiger charge is -2.25. The Kier molecular flexibility index (Phi) is 6.46. The highest BCUT2D eigenvalue weighted by Gasteiger charge is 2.16. The molecule has 198 valence electrons. The lowest BCUT2D eigenvalue weighted by atomic mass is 9.98. The molecule has 7 rings (SSSR count). The number of nitrogens with zero attached hydrogens (tertiary/aromatic N) is 2. The molecule has 0 amide bonds. The highest BCUT2D eigenvalue weighted by molar-refractivity contribution is 7.25. The standard InChI is InChI=1S/C37H29N3S/c1-25(26-12-4-3-5-13-26)38-33-17-9-10-18-34(33)39-40(2)35-24-37-32(30-16-8-11-19-36(30)41-37)23-31(35)29-21-20-27-14-6-7-15-28(27)22-29/h3-24,39H,1-2H3/b38-25+. The first-order valence-electron chi connectivity index (χ1n) is 13.8. The van der Waals surface area contributed by atoms with E-state index in [0.717, 1.165) is 28.3 Å². The molecule has 4 heteroatoms. The van der Waals surface area contributed by atoms with Crippen molar-refractivity contribution in [3.8, 4) is 11.1 Å². The Bertz CT molecular complexity index is 2060. The SMILES string of the molecule is C/C(=N\c1ccccc1NN(C)c1cc2sc3ccccc3c2cc1-c1ccc2ccccc2c1)c1ccccc1. The van der Waals surface area contributed by atoms with Gasteiger partial charge >= 0.3 is 0 Å². The van der Waals surface area contributed by atoms with Crippen LogP contribution in [-0.2, 0) is 0 Å². The second kappa shape index (κ2) is 10.6. The van der Waals surface area contributed by atoms with E-state index in [0.29, 0.717) is 0 Å². The zero-order valence-corrected chi connectivity index (χ0v) is 23.8. The molecule has 0 aliphatic carbocycles. The Morgan fingerprint density at radius 1 is 0.659 bits per heavy atom. The third-order valence-corrected chi connectivity index (χ3v) is 8.72. The van der Waals surface area contributed by atoms with Crippen LogP contribution in [0.5, 0.6) is 0 Å². The molecule has 0 aliphatic heterocycles. The zero-order valence-electron chi connectivity index (χ0n) is 23.0. The number of hydrogen-bond donors (Lipinski definition) is 1. The van der Waals surface area contributed by atoms with Gasteiger partial charge in [-0.1, -0.05) is 97.1 Å². The Balaban J connectivity index is 1.34. The number of thiophene rings is 1. The van der Waals surface area contributed by atoms with Crippen LogP contribution >= 0.6 is 11.3 Å². The van der Waals surface area contributed by atoms with Gasteiger partial charge in [-0.15, -0.1) is 11.3 Å². The van der Waals surface area contributed by atoms with E-state index < -0.39 is 0 Å². The summed E-state index contributed by atoms with van der Waals surface area (Å²) in [6.07, 6.45) is 0. The Morgan fingerprint density at radius 2 is 1.39 bits per heavy atom. The average molecular weight is 548 g/mol. The fraction of sp³-hybridized carbons (Fsp3) is 0.0541. The van der Waals surface area contributed by atoms with Crippen LogP contribution in [0.2, 0.25) is 0 Å². The maximum atomic E-state index is 5.00. The number of hydrazine groups is 1. The summed E-state index contributed by atoms with van der Waals surface area (Å²) in [6, 6.07) is 47.2. The molecule has 0 fully saturated rings. The fourth-order valence-electron chi connectivity index (χ4n) is 5.46. The summed E-state index contributed by atoms with van der Waals surface area (Å²) >= 11 is 1.84. The molecular formula is C37H29N3S. The van der Waals surface area contributed by atoms with Gasteiger partial charge in [0.15, 0.2) is 0 Å². The summed E-state index contributed by atoms with van der Waals surface area (Å²) in [4.78, 5) is 5.00. The van der Waals surface area contributed by atoms with Crippen LogP contribution < -0.4 is 10.4 Å². The third-order valence-electron chi connectivity index (χ3n) is 7.59. The molecule has 41 heavy (non-hydrogen) atoms. The summed E-state index contributed by atoms with van der Waals surface area (Å²) in [6.45, 7) is 2.06. The smallest absolute Gasteiger partial charge is 0.0882 e. The molecule has 0 aliphatic rings. The first-order valence-corrected chi connectivity index (χ1v) is 14.6. The third kappa shape index (κ3) is 4.83. The van der Waals surface area contributed by atoms with Crippen LogP contribution in [0.25, 0.3) is 42.1 Å². The summed E-state index contributed by atoms with van der Waals surface area (Å²) in [5.74, 6) is 0. The number of anilines is 2. The molecular weight excluding hydrogens is 518 g/mol. The van der Waals surface area contributed by atoms with E-state index in [-0.39, 0.29) is 0 Å². The van der Waals surface area contributed by atoms with Crippen molar-refractivity contribution in [1.29, 1.82) is 0 Å². The molecule has 1 aromatic heterocycles. The van der Waals surface area contributed by atoms with E-state index in [2.05, 4.69) is 128 Å². The van der Waals surface area contributed by atoms with Crippen molar-refractivity contribution in [2.24, 2.45) is 4.99 Å². The lowest BCUT2D eigenvalue weighted by Crippen LogP contribution is -2.25. The summed E-state index contributed by atoms with van der Waals surface area (Å²) < 4.78 is 2.57. The summed E-state index contributed by atoms with van der Waals surface area (Å²) in [5.41, 5.74) is 11.1. The van der Waals surface area contributed by atoms with E-state index in [4.69, 9.17) is 4.99 Å². The number of rotatable bonds is 6. The van der Waals surface area contributed by atoms with Gasteiger partial charge in [0, 0.05) is 38.5 Å². The quantitative estimate of drug-likeness (QED) is 0.166. The number of nitrogens with one attached hydrogen (secondary N) is 1. The minimum absolute atomic E-state index is 0.899. The predicted molar refractivity (Wildman–Crippen MR) is 179 cm³/mol. The van der Waals surface area contributed by atoms with Gasteiger partial charge in [-0.2, -0.15) is 0 Å². The van der Waals surface area contributed by atoms with Crippen molar-refractivity contribution in [3.05, 3.63) is 139 Å². The molecule has 0 radical (unpaired) electrons. The van der Waals surface area contributed by atoms with Crippen molar-refractivity contribution in [3.63, 3.8) is 0 Å². The monoisotopic (exact) mass is 547 g/mol. The van der Waals surface area contributed by atoms with Gasteiger partial charge in [0.2, 0.25) is 0 Å². The summed E-state index contributed by atoms with van der Waals surface area (Å²) in [7, 11) is 2.09. The van der Waals surface area contributed by atoms with Crippen molar-refractivity contribution < 1.29 is 0 Å². The average Bonchev–Trinajstić information content (AvgIpc) is 3.39. The largest absolute Gasteiger partial charge is 0.296 e. The lowest BCUT2D eigenvalue weighted by molar-refractivity contribution is 1.10. The van der Waals surface area contributed by atoms with Crippen LogP contribution in [0, 0.1) is 0 Å². The molecule has 0 saturated carbocycles. The van der Waals surface area contributed by atoms with Crippen LogP contribution in [0.15, 0.2) is 138 Å². The maximum Gasteiger partial charge on any atom is 0.0882 e. The van der Waals surface area contributed by atoms with Crippen molar-refractivity contribution in [1.82, 2.24) is 0 Å². The van der Waals surface area contributed by atoms with Gasteiger partial charge in [-0.05, 0) is 65.2 Å². The van der Waals surface area contributed by atoms with Crippen LogP contribution in [-0.4, -0.2) is 12.8 Å². The van der Waals surface area contributed by atoms with Gasteiger partial charge in [-0.25, -0.2) is 0 Å². The van der Waals surface area contributed by atoms with E-state index in [1.165, 1.54) is 42.1 Å². The van der Waals surface area contributed by atoms with Crippen molar-refractivity contribution >= 4 is 65.1 Å². The van der Waals surface area contributed by atoms with Gasteiger partial charge in [0.25, 0.3) is 0 Å². The van der Waals surface area contributed by atoms with E-state index >= 15 is 0 Å². The number of fused-ring (bicyclic) bond motifs is 4.